The van der Waals surface area contributed by atoms with E-state index in [1.54, 1.807) is 18.9 Å². The van der Waals surface area contributed by atoms with Crippen LogP contribution in [0.1, 0.15) is 17.0 Å². The van der Waals surface area contributed by atoms with Crippen LogP contribution >= 0.6 is 23.4 Å². The van der Waals surface area contributed by atoms with Gasteiger partial charge in [0.25, 0.3) is 0 Å². The van der Waals surface area contributed by atoms with E-state index in [1.807, 2.05) is 53.2 Å². The molecule has 0 atom stereocenters. The van der Waals surface area contributed by atoms with Gasteiger partial charge in [-0.15, -0.1) is 10.2 Å². The highest BCUT2D eigenvalue weighted by Crippen LogP contribution is 2.26. The van der Waals surface area contributed by atoms with Gasteiger partial charge in [0.15, 0.2) is 5.82 Å². The number of aromatic nitrogens is 3. The van der Waals surface area contributed by atoms with Gasteiger partial charge < -0.3 is 4.74 Å². The maximum absolute atomic E-state index is 5.95. The maximum Gasteiger partial charge on any atom is 0.212 e. The van der Waals surface area contributed by atoms with Crippen LogP contribution in [0.3, 0.4) is 0 Å². The molecule has 0 radical (unpaired) electrons. The van der Waals surface area contributed by atoms with Gasteiger partial charge in [0, 0.05) is 22.8 Å². The second-order valence-electron chi connectivity index (χ2n) is 5.58. The molecule has 2 heterocycles. The zero-order chi connectivity index (χ0) is 17.2. The predicted molar refractivity (Wildman–Crippen MR) is 99.9 cm³/mol. The Balaban J connectivity index is 1.66. The van der Waals surface area contributed by atoms with Gasteiger partial charge in [0.05, 0.1) is 12.8 Å². The molecule has 5 nitrogen and oxygen atoms in total. The number of methoxy groups -OCH3 is 1. The van der Waals surface area contributed by atoms with E-state index >= 15 is 0 Å². The molecule has 126 valence electrons. The number of benzene rings is 2. The summed E-state index contributed by atoms with van der Waals surface area (Å²) in [5, 5.41) is 14.9. The molecule has 0 spiro atoms. The van der Waals surface area contributed by atoms with Crippen LogP contribution in [0.4, 0.5) is 0 Å². The van der Waals surface area contributed by atoms with E-state index in [2.05, 4.69) is 10.2 Å². The molecule has 0 fully saturated rings. The summed E-state index contributed by atoms with van der Waals surface area (Å²) in [5.74, 6) is 2.39. The van der Waals surface area contributed by atoms with Gasteiger partial charge in [0.1, 0.15) is 5.75 Å². The lowest BCUT2D eigenvalue weighted by atomic mass is 10.1. The molecule has 1 aromatic heterocycles. The fourth-order valence-electron chi connectivity index (χ4n) is 2.61. The highest BCUT2D eigenvalue weighted by atomic mass is 35.5. The van der Waals surface area contributed by atoms with Crippen molar-refractivity contribution >= 4 is 29.1 Å². The van der Waals surface area contributed by atoms with E-state index in [0.29, 0.717) is 6.42 Å². The molecular weight excluding hydrogens is 356 g/mol. The lowest BCUT2D eigenvalue weighted by Gasteiger charge is -2.14. The van der Waals surface area contributed by atoms with Gasteiger partial charge >= 0.3 is 0 Å². The van der Waals surface area contributed by atoms with Crippen molar-refractivity contribution in [3.05, 3.63) is 70.5 Å². The Bertz CT molecular complexity index is 937. The number of ether oxygens (including phenoxy) is 1. The molecule has 0 N–H and O–H groups in total. The van der Waals surface area contributed by atoms with Crippen molar-refractivity contribution in [3.8, 4) is 5.75 Å². The number of nitrogens with zero attached hydrogens (tertiary/aromatic N) is 4. The molecule has 0 saturated carbocycles. The topological polar surface area (TPSA) is 52.3 Å². The average molecular weight is 371 g/mol. The highest BCUT2D eigenvalue weighted by molar-refractivity contribution is 7.99. The summed E-state index contributed by atoms with van der Waals surface area (Å²) in [5.41, 5.74) is 3.14. The van der Waals surface area contributed by atoms with E-state index in [0.717, 1.165) is 44.3 Å². The molecule has 3 aromatic rings. The van der Waals surface area contributed by atoms with Crippen molar-refractivity contribution in [2.45, 2.75) is 11.6 Å². The SMILES string of the molecule is COc1cccc(C2=Nn3c(Cc4ccc(Cl)cc4)nnc3SC2)c1. The number of hydrogen-bond donors (Lipinski definition) is 0. The third kappa shape index (κ3) is 3.41. The van der Waals surface area contributed by atoms with Crippen molar-refractivity contribution in [1.29, 1.82) is 0 Å². The largest absolute Gasteiger partial charge is 0.497 e. The quantitative estimate of drug-likeness (QED) is 0.699. The Morgan fingerprint density at radius 2 is 2.00 bits per heavy atom. The number of halogens is 1. The minimum atomic E-state index is 0.652. The van der Waals surface area contributed by atoms with Gasteiger partial charge in [-0.05, 0) is 29.8 Å². The Morgan fingerprint density at radius 3 is 2.80 bits per heavy atom. The second-order valence-corrected chi connectivity index (χ2v) is 6.96. The van der Waals surface area contributed by atoms with Gasteiger partial charge in [-0.3, -0.25) is 0 Å². The summed E-state index contributed by atoms with van der Waals surface area (Å²) in [6, 6.07) is 15.7. The fourth-order valence-corrected chi connectivity index (χ4v) is 3.59. The van der Waals surface area contributed by atoms with Crippen LogP contribution < -0.4 is 4.74 Å². The number of thioether (sulfide) groups is 1. The molecule has 1 aliphatic heterocycles. The summed E-state index contributed by atoms with van der Waals surface area (Å²) in [6.45, 7) is 0. The minimum Gasteiger partial charge on any atom is -0.497 e. The van der Waals surface area contributed by atoms with Crippen LogP contribution in [-0.4, -0.2) is 33.4 Å². The number of rotatable bonds is 4. The standard InChI is InChI=1S/C18H15ClN4OS/c1-24-15-4-2-3-13(10-15)16-11-25-18-21-20-17(23(18)22-16)9-12-5-7-14(19)8-6-12/h2-8,10H,9,11H2,1H3. The van der Waals surface area contributed by atoms with Crippen molar-refractivity contribution < 1.29 is 4.74 Å². The van der Waals surface area contributed by atoms with E-state index < -0.39 is 0 Å². The van der Waals surface area contributed by atoms with Crippen LogP contribution in [0.5, 0.6) is 5.75 Å². The van der Waals surface area contributed by atoms with E-state index in [9.17, 15) is 0 Å². The Labute approximate surface area is 154 Å². The highest BCUT2D eigenvalue weighted by Gasteiger charge is 2.20. The molecule has 1 aliphatic rings. The predicted octanol–water partition coefficient (Wildman–Crippen LogP) is 3.89. The fraction of sp³-hybridized carbons (Fsp3) is 0.167. The Morgan fingerprint density at radius 1 is 1.16 bits per heavy atom. The molecule has 2 aromatic carbocycles. The first-order valence-corrected chi connectivity index (χ1v) is 9.13. The first-order chi connectivity index (χ1) is 12.2. The van der Waals surface area contributed by atoms with Gasteiger partial charge in [-0.25, -0.2) is 0 Å². The zero-order valence-corrected chi connectivity index (χ0v) is 15.1. The third-order valence-corrected chi connectivity index (χ3v) is 5.10. The maximum atomic E-state index is 5.95. The molecule has 0 unspecified atom stereocenters. The Hall–Kier alpha value is -2.31. The average Bonchev–Trinajstić information content (AvgIpc) is 3.06. The summed E-state index contributed by atoms with van der Waals surface area (Å²) in [7, 11) is 1.67. The number of fused-ring (bicyclic) bond motifs is 1. The summed E-state index contributed by atoms with van der Waals surface area (Å²) in [4.78, 5) is 0. The van der Waals surface area contributed by atoms with Gasteiger partial charge in [-0.2, -0.15) is 9.78 Å². The van der Waals surface area contributed by atoms with E-state index in [-0.39, 0.29) is 0 Å². The lowest BCUT2D eigenvalue weighted by molar-refractivity contribution is 0.414. The summed E-state index contributed by atoms with van der Waals surface area (Å²) in [6.07, 6.45) is 0.652. The van der Waals surface area contributed by atoms with Gasteiger partial charge in [0.2, 0.25) is 5.16 Å². The molecular formula is C18H15ClN4OS. The molecule has 0 amide bonds. The Kier molecular flexibility index (Phi) is 4.46. The molecule has 0 aliphatic carbocycles. The normalized spacial score (nSPS) is 13.3. The molecule has 25 heavy (non-hydrogen) atoms. The van der Waals surface area contributed by atoms with Crippen LogP contribution in [0.2, 0.25) is 5.02 Å². The number of hydrogen-bond acceptors (Lipinski definition) is 5. The molecule has 0 saturated heterocycles. The molecule has 7 heteroatoms. The van der Waals surface area contributed by atoms with Crippen LogP contribution in [0, 0.1) is 0 Å². The zero-order valence-electron chi connectivity index (χ0n) is 13.5. The minimum absolute atomic E-state index is 0.652. The smallest absolute Gasteiger partial charge is 0.212 e. The van der Waals surface area contributed by atoms with Crippen LogP contribution in [-0.2, 0) is 6.42 Å². The van der Waals surface area contributed by atoms with E-state index in [4.69, 9.17) is 21.4 Å². The molecule has 4 rings (SSSR count). The van der Waals surface area contributed by atoms with Crippen LogP contribution in [0.25, 0.3) is 0 Å². The van der Waals surface area contributed by atoms with Crippen molar-refractivity contribution in [1.82, 2.24) is 14.9 Å². The van der Waals surface area contributed by atoms with Crippen LogP contribution in [0.15, 0.2) is 58.8 Å². The first kappa shape index (κ1) is 16.2. The monoisotopic (exact) mass is 370 g/mol. The van der Waals surface area contributed by atoms with E-state index in [1.165, 1.54) is 0 Å². The second kappa shape index (κ2) is 6.90. The van der Waals surface area contributed by atoms with Crippen molar-refractivity contribution in [3.63, 3.8) is 0 Å². The van der Waals surface area contributed by atoms with Gasteiger partial charge in [-0.1, -0.05) is 47.6 Å². The van der Waals surface area contributed by atoms with Crippen molar-refractivity contribution in [2.24, 2.45) is 5.10 Å². The third-order valence-electron chi connectivity index (χ3n) is 3.91. The summed E-state index contributed by atoms with van der Waals surface area (Å²) >= 11 is 7.59. The first-order valence-electron chi connectivity index (χ1n) is 7.77. The molecule has 0 bridgehead atoms. The lowest BCUT2D eigenvalue weighted by Crippen LogP contribution is -2.14. The summed E-state index contributed by atoms with van der Waals surface area (Å²) < 4.78 is 7.14. The van der Waals surface area contributed by atoms with Crippen molar-refractivity contribution in [2.75, 3.05) is 12.9 Å².